The van der Waals surface area contributed by atoms with Gasteiger partial charge in [0.2, 0.25) is 0 Å². The lowest BCUT2D eigenvalue weighted by Gasteiger charge is -2.13. The number of hydrogen-bond donors (Lipinski definition) is 1. The van der Waals surface area contributed by atoms with Gasteiger partial charge in [-0.2, -0.15) is 0 Å². The van der Waals surface area contributed by atoms with Gasteiger partial charge in [0.05, 0.1) is 11.8 Å². The van der Waals surface area contributed by atoms with E-state index in [0.29, 0.717) is 24.5 Å². The molecule has 2 rings (SSSR count). The summed E-state index contributed by atoms with van der Waals surface area (Å²) in [6, 6.07) is 9.32. The van der Waals surface area contributed by atoms with Crippen molar-refractivity contribution in [2.75, 3.05) is 0 Å². The van der Waals surface area contributed by atoms with Crippen molar-refractivity contribution in [1.29, 1.82) is 0 Å². The van der Waals surface area contributed by atoms with Crippen LogP contribution in [-0.2, 0) is 6.61 Å². The number of aromatic nitrogens is 1. The molecule has 2 aromatic rings. The molecular weight excluding hydrogens is 230 g/mol. The van der Waals surface area contributed by atoms with Gasteiger partial charge in [-0.3, -0.25) is 0 Å². The molecule has 0 bridgehead atoms. The predicted octanol–water partition coefficient (Wildman–Crippen LogP) is 3.01. The van der Waals surface area contributed by atoms with E-state index in [9.17, 15) is 5.11 Å². The van der Waals surface area contributed by atoms with E-state index in [1.165, 1.54) is 0 Å². The summed E-state index contributed by atoms with van der Waals surface area (Å²) in [5, 5.41) is 13.7. The summed E-state index contributed by atoms with van der Waals surface area (Å²) in [6.07, 6.45) is 0.152. The molecule has 1 N–H and O–H groups in total. The molecule has 0 aliphatic carbocycles. The first-order valence-corrected chi connectivity index (χ1v) is 6.02. The number of hydrogen-bond acceptors (Lipinski definition) is 4. The highest BCUT2D eigenvalue weighted by Gasteiger charge is 2.11. The third-order valence-corrected chi connectivity index (χ3v) is 2.71. The van der Waals surface area contributed by atoms with E-state index in [0.717, 1.165) is 11.3 Å². The van der Waals surface area contributed by atoms with Gasteiger partial charge < -0.3 is 14.4 Å². The molecule has 4 nitrogen and oxygen atoms in total. The van der Waals surface area contributed by atoms with Crippen LogP contribution in [0, 0.1) is 6.92 Å². The van der Waals surface area contributed by atoms with Crippen LogP contribution in [0.3, 0.4) is 0 Å². The Balaban J connectivity index is 2.09. The van der Waals surface area contributed by atoms with Crippen molar-refractivity contribution in [2.24, 2.45) is 0 Å². The van der Waals surface area contributed by atoms with Gasteiger partial charge in [0.15, 0.2) is 5.76 Å². The molecule has 1 aromatic heterocycles. The van der Waals surface area contributed by atoms with E-state index in [1.807, 2.05) is 44.2 Å². The largest absolute Gasteiger partial charge is 0.485 e. The number of aliphatic hydroxyl groups is 1. The van der Waals surface area contributed by atoms with Crippen LogP contribution >= 0.6 is 0 Å². The number of aryl methyl sites for hydroxylation is 1. The summed E-state index contributed by atoms with van der Waals surface area (Å²) in [5.74, 6) is 1.36. The molecule has 1 atom stereocenters. The molecule has 0 spiro atoms. The molecule has 0 saturated carbocycles. The fourth-order valence-electron chi connectivity index (χ4n) is 1.74. The Bertz CT molecular complexity index is 507. The highest BCUT2D eigenvalue weighted by Crippen LogP contribution is 2.27. The number of para-hydroxylation sites is 1. The summed E-state index contributed by atoms with van der Waals surface area (Å²) < 4.78 is 10.7. The van der Waals surface area contributed by atoms with Gasteiger partial charge in [-0.15, -0.1) is 0 Å². The number of ether oxygens (including phenoxy) is 1. The normalized spacial score (nSPS) is 12.4. The van der Waals surface area contributed by atoms with Gasteiger partial charge in [0.1, 0.15) is 12.4 Å². The Morgan fingerprint density at radius 1 is 1.39 bits per heavy atom. The predicted molar refractivity (Wildman–Crippen MR) is 67.3 cm³/mol. The first-order valence-electron chi connectivity index (χ1n) is 6.02. The maximum Gasteiger partial charge on any atom is 0.174 e. The number of rotatable bonds is 5. The van der Waals surface area contributed by atoms with Gasteiger partial charge in [0, 0.05) is 11.6 Å². The maximum absolute atomic E-state index is 9.90. The zero-order valence-electron chi connectivity index (χ0n) is 10.6. The third-order valence-electron chi connectivity index (χ3n) is 2.71. The van der Waals surface area contributed by atoms with Crippen LogP contribution in [0.25, 0.3) is 0 Å². The minimum Gasteiger partial charge on any atom is -0.485 e. The molecule has 0 amide bonds. The standard InChI is InChI=1S/C14H17NO3/c1-3-13(16)12-6-4-5-7-14(12)17-9-11-8-10(2)15-18-11/h4-8,13,16H,3,9H2,1-2H3/t13-/m1/s1. The van der Waals surface area contributed by atoms with Gasteiger partial charge in [0.25, 0.3) is 0 Å². The molecule has 0 unspecified atom stereocenters. The van der Waals surface area contributed by atoms with Gasteiger partial charge in [-0.05, 0) is 19.4 Å². The van der Waals surface area contributed by atoms with Crippen LogP contribution in [0.2, 0.25) is 0 Å². The summed E-state index contributed by atoms with van der Waals surface area (Å²) in [5.41, 5.74) is 1.63. The molecule has 0 aliphatic rings. The molecule has 1 heterocycles. The SMILES string of the molecule is CC[C@@H](O)c1ccccc1OCc1cc(C)no1. The second-order valence-corrected chi connectivity index (χ2v) is 4.19. The van der Waals surface area contributed by atoms with Crippen molar-refractivity contribution < 1.29 is 14.4 Å². The van der Waals surface area contributed by atoms with Crippen molar-refractivity contribution in [1.82, 2.24) is 5.16 Å². The number of nitrogens with zero attached hydrogens (tertiary/aromatic N) is 1. The van der Waals surface area contributed by atoms with Crippen molar-refractivity contribution in [3.8, 4) is 5.75 Å². The Hall–Kier alpha value is -1.81. The summed E-state index contributed by atoms with van der Waals surface area (Å²) in [7, 11) is 0. The van der Waals surface area contributed by atoms with E-state index >= 15 is 0 Å². The number of benzene rings is 1. The molecule has 0 saturated heterocycles. The van der Waals surface area contributed by atoms with Gasteiger partial charge in [-0.1, -0.05) is 30.3 Å². The molecule has 96 valence electrons. The highest BCUT2D eigenvalue weighted by atomic mass is 16.5. The van der Waals surface area contributed by atoms with E-state index in [2.05, 4.69) is 5.16 Å². The quantitative estimate of drug-likeness (QED) is 0.882. The molecule has 1 aromatic carbocycles. The Morgan fingerprint density at radius 2 is 2.17 bits per heavy atom. The highest BCUT2D eigenvalue weighted by molar-refractivity contribution is 5.35. The van der Waals surface area contributed by atoms with Crippen molar-refractivity contribution in [3.05, 3.63) is 47.3 Å². The Labute approximate surface area is 106 Å². The Morgan fingerprint density at radius 3 is 2.83 bits per heavy atom. The minimum atomic E-state index is -0.502. The van der Waals surface area contributed by atoms with E-state index in [-0.39, 0.29) is 0 Å². The van der Waals surface area contributed by atoms with E-state index in [1.54, 1.807) is 0 Å². The summed E-state index contributed by atoms with van der Waals surface area (Å²) in [4.78, 5) is 0. The van der Waals surface area contributed by atoms with Crippen LogP contribution in [0.4, 0.5) is 0 Å². The lowest BCUT2D eigenvalue weighted by atomic mass is 10.1. The second kappa shape index (κ2) is 5.69. The van der Waals surface area contributed by atoms with Crippen LogP contribution in [0.15, 0.2) is 34.9 Å². The average Bonchev–Trinajstić information content (AvgIpc) is 2.81. The Kier molecular flexibility index (Phi) is 3.99. The van der Waals surface area contributed by atoms with Gasteiger partial charge >= 0.3 is 0 Å². The minimum absolute atomic E-state index is 0.314. The monoisotopic (exact) mass is 247 g/mol. The van der Waals surface area contributed by atoms with Crippen LogP contribution in [0.1, 0.15) is 36.5 Å². The van der Waals surface area contributed by atoms with Crippen LogP contribution in [-0.4, -0.2) is 10.3 Å². The molecule has 0 radical (unpaired) electrons. The van der Waals surface area contributed by atoms with Gasteiger partial charge in [-0.25, -0.2) is 0 Å². The first kappa shape index (κ1) is 12.6. The van der Waals surface area contributed by atoms with Crippen molar-refractivity contribution in [3.63, 3.8) is 0 Å². The molecule has 18 heavy (non-hydrogen) atoms. The smallest absolute Gasteiger partial charge is 0.174 e. The molecule has 0 aliphatic heterocycles. The fraction of sp³-hybridized carbons (Fsp3) is 0.357. The van der Waals surface area contributed by atoms with Crippen LogP contribution < -0.4 is 4.74 Å². The van der Waals surface area contributed by atoms with Crippen molar-refractivity contribution in [2.45, 2.75) is 33.0 Å². The third kappa shape index (κ3) is 2.90. The molecular formula is C14H17NO3. The molecule has 4 heteroatoms. The second-order valence-electron chi connectivity index (χ2n) is 4.19. The summed E-state index contributed by atoms with van der Waals surface area (Å²) >= 11 is 0. The van der Waals surface area contributed by atoms with Crippen LogP contribution in [0.5, 0.6) is 5.75 Å². The number of aliphatic hydroxyl groups excluding tert-OH is 1. The topological polar surface area (TPSA) is 55.5 Å². The molecule has 0 fully saturated rings. The fourth-order valence-corrected chi connectivity index (χ4v) is 1.74. The zero-order chi connectivity index (χ0) is 13.0. The van der Waals surface area contributed by atoms with E-state index in [4.69, 9.17) is 9.26 Å². The maximum atomic E-state index is 9.90. The average molecular weight is 247 g/mol. The lowest BCUT2D eigenvalue weighted by molar-refractivity contribution is 0.164. The first-order chi connectivity index (χ1) is 8.70. The zero-order valence-corrected chi connectivity index (χ0v) is 10.6. The van der Waals surface area contributed by atoms with Crippen molar-refractivity contribution >= 4 is 0 Å². The summed E-state index contributed by atoms with van der Waals surface area (Å²) in [6.45, 7) is 4.11. The lowest BCUT2D eigenvalue weighted by Crippen LogP contribution is -2.01. The van der Waals surface area contributed by atoms with E-state index < -0.39 is 6.10 Å².